The van der Waals surface area contributed by atoms with E-state index in [-0.39, 0.29) is 6.54 Å². The van der Waals surface area contributed by atoms with E-state index < -0.39 is 11.4 Å². The third kappa shape index (κ3) is 3.71. The zero-order valence-corrected chi connectivity index (χ0v) is 11.3. The molecule has 19 heavy (non-hydrogen) atoms. The van der Waals surface area contributed by atoms with Crippen LogP contribution < -0.4 is 11.1 Å². The molecular formula is C13H19N5O. The Morgan fingerprint density at radius 2 is 2.11 bits per heavy atom. The van der Waals surface area contributed by atoms with Crippen LogP contribution in [-0.2, 0) is 16.8 Å². The second-order valence-electron chi connectivity index (χ2n) is 4.42. The molecule has 0 aromatic heterocycles. The molecule has 1 unspecified atom stereocenters. The first-order chi connectivity index (χ1) is 9.04. The fourth-order valence-corrected chi connectivity index (χ4v) is 1.81. The van der Waals surface area contributed by atoms with Crippen LogP contribution in [0.15, 0.2) is 29.4 Å². The molecule has 1 aromatic rings. The van der Waals surface area contributed by atoms with Crippen LogP contribution in [0, 0.1) is 0 Å². The minimum atomic E-state index is -0.961. The first-order valence-corrected chi connectivity index (χ1v) is 6.19. The second-order valence-corrected chi connectivity index (χ2v) is 4.42. The van der Waals surface area contributed by atoms with Crippen molar-refractivity contribution in [1.82, 2.24) is 5.32 Å². The molecule has 0 spiro atoms. The predicted molar refractivity (Wildman–Crippen MR) is 74.4 cm³/mol. The molecule has 0 fully saturated rings. The Morgan fingerprint density at radius 1 is 1.47 bits per heavy atom. The third-order valence-electron chi connectivity index (χ3n) is 3.19. The van der Waals surface area contributed by atoms with Crippen molar-refractivity contribution in [2.75, 3.05) is 13.1 Å². The number of carbonyl (C=O) groups is 1. The number of azide groups is 1. The molecule has 1 rings (SSSR count). The van der Waals surface area contributed by atoms with E-state index in [4.69, 9.17) is 11.3 Å². The van der Waals surface area contributed by atoms with Crippen molar-refractivity contribution in [2.24, 2.45) is 10.8 Å². The minimum absolute atomic E-state index is 0.270. The zero-order valence-electron chi connectivity index (χ0n) is 11.3. The molecule has 1 aromatic carbocycles. The molecule has 0 radical (unpaired) electrons. The van der Waals surface area contributed by atoms with E-state index in [2.05, 4.69) is 22.3 Å². The van der Waals surface area contributed by atoms with Crippen LogP contribution in [0.25, 0.3) is 10.4 Å². The lowest BCUT2D eigenvalue weighted by molar-refractivity contribution is -0.124. The molecule has 1 atom stereocenters. The molecule has 102 valence electrons. The molecule has 3 N–H and O–H groups in total. The maximum Gasteiger partial charge on any atom is 0.242 e. The Morgan fingerprint density at radius 3 is 2.58 bits per heavy atom. The van der Waals surface area contributed by atoms with Crippen molar-refractivity contribution >= 4 is 5.91 Å². The number of nitrogens with two attached hydrogens (primary N) is 1. The van der Waals surface area contributed by atoms with Gasteiger partial charge in [0, 0.05) is 18.0 Å². The van der Waals surface area contributed by atoms with Crippen molar-refractivity contribution in [3.8, 4) is 0 Å². The van der Waals surface area contributed by atoms with Crippen LogP contribution in [0.4, 0.5) is 0 Å². The van der Waals surface area contributed by atoms with E-state index in [1.807, 2.05) is 24.3 Å². The number of nitrogens with zero attached hydrogens (tertiary/aromatic N) is 3. The van der Waals surface area contributed by atoms with Crippen molar-refractivity contribution in [2.45, 2.75) is 25.8 Å². The summed E-state index contributed by atoms with van der Waals surface area (Å²) in [5, 5.41) is 6.47. The zero-order chi connectivity index (χ0) is 14.3. The SMILES string of the molecule is CCc1ccc(C(C)(NCCN=[N+]=[N-])C(N)=O)cc1. The van der Waals surface area contributed by atoms with Crippen molar-refractivity contribution in [3.05, 3.63) is 45.8 Å². The average molecular weight is 261 g/mol. The van der Waals surface area contributed by atoms with E-state index in [9.17, 15) is 4.79 Å². The second kappa shape index (κ2) is 6.78. The van der Waals surface area contributed by atoms with Gasteiger partial charge in [0.1, 0.15) is 5.54 Å². The lowest BCUT2D eigenvalue weighted by Crippen LogP contribution is -2.51. The van der Waals surface area contributed by atoms with Gasteiger partial charge in [-0.3, -0.25) is 10.1 Å². The van der Waals surface area contributed by atoms with Gasteiger partial charge in [-0.25, -0.2) is 0 Å². The Hall–Kier alpha value is -2.04. The van der Waals surface area contributed by atoms with Crippen LogP contribution >= 0.6 is 0 Å². The van der Waals surface area contributed by atoms with Crippen LogP contribution in [0.1, 0.15) is 25.0 Å². The molecule has 0 bridgehead atoms. The molecule has 1 amide bonds. The Balaban J connectivity index is 2.90. The summed E-state index contributed by atoms with van der Waals surface area (Å²) < 4.78 is 0. The molecule has 0 aliphatic carbocycles. The number of hydrogen-bond acceptors (Lipinski definition) is 3. The van der Waals surface area contributed by atoms with E-state index >= 15 is 0 Å². The van der Waals surface area contributed by atoms with Crippen LogP contribution in [0.3, 0.4) is 0 Å². The molecule has 0 saturated heterocycles. The van der Waals surface area contributed by atoms with Gasteiger partial charge in [-0.2, -0.15) is 0 Å². The molecule has 0 aliphatic heterocycles. The monoisotopic (exact) mass is 261 g/mol. The summed E-state index contributed by atoms with van der Waals surface area (Å²) in [5.74, 6) is -0.460. The molecule has 0 saturated carbocycles. The maximum atomic E-state index is 11.7. The number of benzene rings is 1. The van der Waals surface area contributed by atoms with E-state index in [1.165, 1.54) is 5.56 Å². The largest absolute Gasteiger partial charge is 0.368 e. The fraction of sp³-hybridized carbons (Fsp3) is 0.462. The van der Waals surface area contributed by atoms with E-state index in [1.54, 1.807) is 6.92 Å². The Bertz CT molecular complexity index is 478. The summed E-state index contributed by atoms with van der Waals surface area (Å²) in [4.78, 5) is 14.4. The maximum absolute atomic E-state index is 11.7. The average Bonchev–Trinajstić information content (AvgIpc) is 2.43. The number of aryl methyl sites for hydroxylation is 1. The highest BCUT2D eigenvalue weighted by Gasteiger charge is 2.32. The Labute approximate surface area is 112 Å². The number of hydrogen-bond donors (Lipinski definition) is 2. The summed E-state index contributed by atoms with van der Waals surface area (Å²) in [7, 11) is 0. The van der Waals surface area contributed by atoms with Crippen molar-refractivity contribution < 1.29 is 4.79 Å². The summed E-state index contributed by atoms with van der Waals surface area (Å²) in [6.07, 6.45) is 0.942. The normalized spacial score (nSPS) is 13.4. The highest BCUT2D eigenvalue weighted by molar-refractivity contribution is 5.85. The summed E-state index contributed by atoms with van der Waals surface area (Å²) >= 11 is 0. The number of rotatable bonds is 7. The molecule has 6 nitrogen and oxygen atoms in total. The third-order valence-corrected chi connectivity index (χ3v) is 3.19. The quantitative estimate of drug-likeness (QED) is 0.338. The highest BCUT2D eigenvalue weighted by Crippen LogP contribution is 2.21. The molecule has 0 heterocycles. The van der Waals surface area contributed by atoms with Gasteiger partial charge in [-0.15, -0.1) is 0 Å². The van der Waals surface area contributed by atoms with Gasteiger partial charge in [0.25, 0.3) is 0 Å². The standard InChI is InChI=1S/C13H19N5O/c1-3-10-4-6-11(7-5-10)13(2,12(14)19)16-8-9-17-18-15/h4-7,16H,3,8-9H2,1-2H3,(H2,14,19). The van der Waals surface area contributed by atoms with Gasteiger partial charge in [-0.05, 0) is 30.0 Å². The van der Waals surface area contributed by atoms with Gasteiger partial charge in [0.05, 0.1) is 0 Å². The first-order valence-electron chi connectivity index (χ1n) is 6.19. The number of primary amides is 1. The number of carbonyl (C=O) groups excluding carboxylic acids is 1. The van der Waals surface area contributed by atoms with E-state index in [0.29, 0.717) is 6.54 Å². The van der Waals surface area contributed by atoms with Crippen LogP contribution in [0.5, 0.6) is 0 Å². The molecule has 0 aliphatic rings. The van der Waals surface area contributed by atoms with Gasteiger partial charge in [0.2, 0.25) is 5.91 Å². The topological polar surface area (TPSA) is 104 Å². The van der Waals surface area contributed by atoms with Gasteiger partial charge < -0.3 is 5.73 Å². The number of nitrogens with one attached hydrogen (secondary N) is 1. The molecular weight excluding hydrogens is 242 g/mol. The van der Waals surface area contributed by atoms with E-state index in [0.717, 1.165) is 12.0 Å². The summed E-state index contributed by atoms with van der Waals surface area (Å²) in [5.41, 5.74) is 14.7. The first kappa shape index (κ1) is 15.0. The van der Waals surface area contributed by atoms with Crippen molar-refractivity contribution in [1.29, 1.82) is 0 Å². The molecule has 6 heteroatoms. The van der Waals surface area contributed by atoms with Crippen molar-refractivity contribution in [3.63, 3.8) is 0 Å². The van der Waals surface area contributed by atoms with Crippen LogP contribution in [0.2, 0.25) is 0 Å². The lowest BCUT2D eigenvalue weighted by Gasteiger charge is -2.28. The van der Waals surface area contributed by atoms with Crippen LogP contribution in [-0.4, -0.2) is 19.0 Å². The van der Waals surface area contributed by atoms with Gasteiger partial charge in [0.15, 0.2) is 0 Å². The minimum Gasteiger partial charge on any atom is -0.368 e. The fourth-order valence-electron chi connectivity index (χ4n) is 1.81. The number of amides is 1. The Kier molecular flexibility index (Phi) is 5.36. The van der Waals surface area contributed by atoms with Gasteiger partial charge >= 0.3 is 0 Å². The van der Waals surface area contributed by atoms with Gasteiger partial charge in [-0.1, -0.05) is 36.3 Å². The highest BCUT2D eigenvalue weighted by atomic mass is 16.1. The smallest absolute Gasteiger partial charge is 0.242 e. The summed E-state index contributed by atoms with van der Waals surface area (Å²) in [6.45, 7) is 4.46. The predicted octanol–water partition coefficient (Wildman–Crippen LogP) is 1.85. The lowest BCUT2D eigenvalue weighted by atomic mass is 9.90. The summed E-state index contributed by atoms with van der Waals surface area (Å²) in [6, 6.07) is 7.74.